The van der Waals surface area contributed by atoms with Crippen molar-refractivity contribution in [3.8, 4) is 34.0 Å². The molecule has 0 unspecified atom stereocenters. The summed E-state index contributed by atoms with van der Waals surface area (Å²) in [4.78, 5) is 50.8. The number of aromatic amines is 2. The summed E-state index contributed by atoms with van der Waals surface area (Å²) in [6, 6.07) is 15.3. The maximum Gasteiger partial charge on any atom is 0.419 e. The Bertz CT molecular complexity index is 3020. The number of rotatable bonds is 5. The molecule has 56 heavy (non-hydrogen) atoms. The molecule has 0 radical (unpaired) electrons. The molecule has 9 aromatic rings. The zero-order valence-corrected chi connectivity index (χ0v) is 31.9. The van der Waals surface area contributed by atoms with Crippen molar-refractivity contribution in [1.29, 1.82) is 0 Å². The van der Waals surface area contributed by atoms with E-state index in [9.17, 15) is 14.4 Å². The summed E-state index contributed by atoms with van der Waals surface area (Å²) in [7, 11) is 0. The molecule has 16 heteroatoms. The number of nitrogens with one attached hydrogen (secondary N) is 2. The highest BCUT2D eigenvalue weighted by atomic mass is 16.6. The lowest BCUT2D eigenvalue weighted by Gasteiger charge is -2.19. The Morgan fingerprint density at radius 2 is 1.46 bits per heavy atom. The summed E-state index contributed by atoms with van der Waals surface area (Å²) in [5.41, 5.74) is 4.30. The second-order valence-electron chi connectivity index (χ2n) is 14.9. The van der Waals surface area contributed by atoms with Gasteiger partial charge in [0.25, 0.3) is 11.1 Å². The fraction of sp³-hybridized carbons (Fsp3) is 0.250. The molecule has 0 amide bonds. The molecule has 0 aliphatic rings. The lowest BCUT2D eigenvalue weighted by atomic mass is 10.1. The van der Waals surface area contributed by atoms with Crippen molar-refractivity contribution in [1.82, 2.24) is 58.1 Å². The van der Waals surface area contributed by atoms with Crippen LogP contribution in [0.15, 0.2) is 101 Å². The van der Waals surface area contributed by atoms with E-state index >= 15 is 0 Å². The van der Waals surface area contributed by atoms with Crippen molar-refractivity contribution >= 4 is 39.2 Å². The fourth-order valence-corrected chi connectivity index (χ4v) is 6.81. The molecule has 0 fully saturated rings. The number of imidazole rings is 2. The van der Waals surface area contributed by atoms with Crippen molar-refractivity contribution in [2.75, 3.05) is 0 Å². The first kappa shape index (κ1) is 35.9. The van der Waals surface area contributed by atoms with Crippen molar-refractivity contribution < 1.29 is 9.53 Å². The number of nitrogens with zero attached hydrogens (tertiary/aromatic N) is 10. The van der Waals surface area contributed by atoms with Crippen molar-refractivity contribution in [3.05, 3.63) is 113 Å². The Morgan fingerprint density at radius 1 is 0.786 bits per heavy atom. The molecule has 0 aliphatic heterocycles. The predicted octanol–water partition coefficient (Wildman–Crippen LogP) is 6.89. The van der Waals surface area contributed by atoms with E-state index in [0.717, 1.165) is 27.4 Å². The first-order chi connectivity index (χ1) is 26.8. The second kappa shape index (κ2) is 13.6. The summed E-state index contributed by atoms with van der Waals surface area (Å²) in [5.74, 6) is 1.07. The Balaban J connectivity index is 0.000000158. The van der Waals surface area contributed by atoms with Gasteiger partial charge in [-0.1, -0.05) is 36.4 Å². The van der Waals surface area contributed by atoms with Gasteiger partial charge in [-0.25, -0.2) is 23.8 Å². The number of hydrogen-bond acceptors (Lipinski definition) is 9. The number of para-hydroxylation sites is 2. The van der Waals surface area contributed by atoms with E-state index in [2.05, 4.69) is 30.2 Å². The van der Waals surface area contributed by atoms with Gasteiger partial charge in [-0.2, -0.15) is 5.10 Å². The van der Waals surface area contributed by atoms with Crippen LogP contribution < -0.4 is 11.1 Å². The number of hydrogen-bond donors (Lipinski definition) is 2. The minimum absolute atomic E-state index is 0.0623. The molecule has 284 valence electrons. The topological polar surface area (TPSA) is 180 Å². The van der Waals surface area contributed by atoms with Crippen molar-refractivity contribution in [2.24, 2.45) is 0 Å². The van der Waals surface area contributed by atoms with E-state index in [4.69, 9.17) is 9.84 Å². The zero-order chi connectivity index (χ0) is 39.5. The quantitative estimate of drug-likeness (QED) is 0.189. The van der Waals surface area contributed by atoms with Crippen LogP contribution in [0.3, 0.4) is 0 Å². The van der Waals surface area contributed by atoms with Gasteiger partial charge in [-0.05, 0) is 60.6 Å². The molecule has 16 nitrogen and oxygen atoms in total. The summed E-state index contributed by atoms with van der Waals surface area (Å²) in [6.45, 7) is 13.2. The van der Waals surface area contributed by atoms with E-state index in [1.807, 2.05) is 103 Å². The third-order valence-corrected chi connectivity index (χ3v) is 9.23. The van der Waals surface area contributed by atoms with Gasteiger partial charge in [0.1, 0.15) is 5.60 Å². The molecule has 0 saturated carbocycles. The molecule has 2 N–H and O–H groups in total. The molecule has 0 saturated heterocycles. The number of H-pyrrole nitrogens is 2. The van der Waals surface area contributed by atoms with Crippen LogP contribution in [0.5, 0.6) is 0 Å². The maximum atomic E-state index is 13.2. The SMILES string of the molecule is CC(C)n1c(-c2c[nH]c3ccccc23)nn2c(-c3cn[nH]c3)cnc2c1=O.CC(C)n1c(-c2cn(C(=O)OC(C)(C)C)c3ccccc23)nn2ccnc2c1=O. The van der Waals surface area contributed by atoms with Gasteiger partial charge in [-0.15, -0.1) is 10.2 Å². The van der Waals surface area contributed by atoms with Crippen LogP contribution in [0.4, 0.5) is 4.79 Å². The lowest BCUT2D eigenvalue weighted by Crippen LogP contribution is -2.27. The summed E-state index contributed by atoms with van der Waals surface area (Å²) in [5, 5.41) is 18.0. The average Bonchev–Trinajstić information content (AvgIpc) is 3.99. The molecule has 7 heterocycles. The van der Waals surface area contributed by atoms with Crippen LogP contribution in [0.1, 0.15) is 60.5 Å². The third kappa shape index (κ3) is 6.14. The van der Waals surface area contributed by atoms with E-state index in [1.165, 1.54) is 9.08 Å². The van der Waals surface area contributed by atoms with Gasteiger partial charge in [0.15, 0.2) is 11.6 Å². The normalized spacial score (nSPS) is 12.0. The Morgan fingerprint density at radius 3 is 2.16 bits per heavy atom. The van der Waals surface area contributed by atoms with Gasteiger partial charge in [-0.3, -0.25) is 28.4 Å². The molecule has 7 aromatic heterocycles. The van der Waals surface area contributed by atoms with Crippen LogP contribution in [-0.2, 0) is 4.74 Å². The van der Waals surface area contributed by atoms with Gasteiger partial charge in [0.05, 0.1) is 23.6 Å². The summed E-state index contributed by atoms with van der Waals surface area (Å²) in [6.07, 6.45) is 11.4. The Hall–Kier alpha value is -7.10. The lowest BCUT2D eigenvalue weighted by molar-refractivity contribution is 0.0544. The number of aromatic nitrogens is 12. The zero-order valence-electron chi connectivity index (χ0n) is 31.9. The number of ether oxygens (including phenoxy) is 1. The van der Waals surface area contributed by atoms with Gasteiger partial charge < -0.3 is 9.72 Å². The predicted molar refractivity (Wildman–Crippen MR) is 213 cm³/mol. The molecule has 9 rings (SSSR count). The van der Waals surface area contributed by atoms with Crippen LogP contribution in [0.25, 0.3) is 67.1 Å². The number of carbonyl (C=O) groups is 1. The first-order valence-electron chi connectivity index (χ1n) is 18.2. The Kier molecular flexibility index (Phi) is 8.74. The van der Waals surface area contributed by atoms with Gasteiger partial charge in [0, 0.05) is 76.0 Å². The average molecular weight is 753 g/mol. The standard InChI is InChI=1S/C21H23N5O3.C19H17N7O/c1-13(2)26-17(23-25-11-10-22-18(25)19(26)27)15-12-24(20(28)29-21(3,4)5)16-9-7-6-8-14(15)16;1-11(2)25-17(14-9-20-15-6-4-3-5-13(14)15)24-26-16(12-7-22-23-8-12)10-21-18(26)19(25)27/h6-13H,1-5H3;3-11,20H,1-2H3,(H,22,23). The summed E-state index contributed by atoms with van der Waals surface area (Å²) < 4.78 is 13.4. The minimum Gasteiger partial charge on any atom is -0.443 e. The van der Waals surface area contributed by atoms with E-state index < -0.39 is 11.7 Å². The van der Waals surface area contributed by atoms with E-state index in [-0.39, 0.29) is 28.8 Å². The second-order valence-corrected chi connectivity index (χ2v) is 14.9. The van der Waals surface area contributed by atoms with Crippen LogP contribution >= 0.6 is 0 Å². The number of fused-ring (bicyclic) bond motifs is 4. The molecule has 0 spiro atoms. The van der Waals surface area contributed by atoms with Crippen LogP contribution in [-0.4, -0.2) is 69.8 Å². The van der Waals surface area contributed by atoms with Gasteiger partial charge >= 0.3 is 6.09 Å². The van der Waals surface area contributed by atoms with Crippen LogP contribution in [0, 0.1) is 0 Å². The largest absolute Gasteiger partial charge is 0.443 e. The summed E-state index contributed by atoms with van der Waals surface area (Å²) >= 11 is 0. The molecular formula is C40H40N12O4. The highest BCUT2D eigenvalue weighted by Crippen LogP contribution is 2.32. The Labute approximate surface area is 319 Å². The molecular weight excluding hydrogens is 713 g/mol. The number of benzene rings is 2. The van der Waals surface area contributed by atoms with Crippen LogP contribution in [0.2, 0.25) is 0 Å². The molecule has 0 atom stereocenters. The minimum atomic E-state index is -0.628. The molecule has 2 aromatic carbocycles. The first-order valence-corrected chi connectivity index (χ1v) is 18.2. The fourth-order valence-electron chi connectivity index (χ4n) is 6.81. The molecule has 0 aliphatic carbocycles. The third-order valence-electron chi connectivity index (χ3n) is 9.23. The molecule has 0 bridgehead atoms. The van der Waals surface area contributed by atoms with E-state index in [0.29, 0.717) is 34.1 Å². The number of carbonyl (C=O) groups excluding carboxylic acids is 1. The van der Waals surface area contributed by atoms with Gasteiger partial charge in [0.2, 0.25) is 11.3 Å². The van der Waals surface area contributed by atoms with Crippen molar-refractivity contribution in [3.63, 3.8) is 0 Å². The maximum absolute atomic E-state index is 13.2. The van der Waals surface area contributed by atoms with Crippen molar-refractivity contribution in [2.45, 2.75) is 66.2 Å². The monoisotopic (exact) mass is 752 g/mol. The smallest absolute Gasteiger partial charge is 0.419 e. The highest BCUT2D eigenvalue weighted by molar-refractivity contribution is 5.99. The highest BCUT2D eigenvalue weighted by Gasteiger charge is 2.25. The van der Waals surface area contributed by atoms with E-state index in [1.54, 1.807) is 50.8 Å².